The molecular formula is C23H17F6NO. The molecule has 0 unspecified atom stereocenters. The number of alkyl halides is 6. The van der Waals surface area contributed by atoms with Crippen LogP contribution in [0.25, 0.3) is 0 Å². The Bertz CT molecular complexity index is 984. The fraction of sp³-hybridized carbons (Fsp3) is 0.217. The van der Waals surface area contributed by atoms with Gasteiger partial charge in [0.1, 0.15) is 5.69 Å². The average molecular weight is 437 g/mol. The second kappa shape index (κ2) is 8.91. The van der Waals surface area contributed by atoms with E-state index in [9.17, 15) is 31.1 Å². The van der Waals surface area contributed by atoms with E-state index in [1.54, 1.807) is 6.07 Å². The largest absolute Gasteiger partial charge is 0.416 e. The van der Waals surface area contributed by atoms with Gasteiger partial charge in [-0.15, -0.1) is 0 Å². The molecule has 8 heteroatoms. The molecule has 3 aromatic rings. The van der Waals surface area contributed by atoms with Crippen LogP contribution >= 0.6 is 0 Å². The average Bonchev–Trinajstić information content (AvgIpc) is 2.72. The molecule has 0 saturated carbocycles. The molecular weight excluding hydrogens is 420 g/mol. The Kier molecular flexibility index (Phi) is 6.48. The van der Waals surface area contributed by atoms with E-state index in [4.69, 9.17) is 0 Å². The SMILES string of the molecule is O=C(c1ccccn1)C(Cc1ccccc1C(F)(F)F)Cc1ccccc1C(F)(F)F. The zero-order valence-electron chi connectivity index (χ0n) is 16.0. The first-order valence-electron chi connectivity index (χ1n) is 9.33. The molecule has 3 rings (SSSR count). The highest BCUT2D eigenvalue weighted by molar-refractivity contribution is 5.96. The van der Waals surface area contributed by atoms with Crippen LogP contribution in [0, 0.1) is 5.92 Å². The van der Waals surface area contributed by atoms with Crippen molar-refractivity contribution < 1.29 is 31.1 Å². The Labute approximate surface area is 174 Å². The Morgan fingerprint density at radius 2 is 1.16 bits per heavy atom. The molecule has 0 radical (unpaired) electrons. The summed E-state index contributed by atoms with van der Waals surface area (Å²) in [6, 6.07) is 14.0. The molecule has 0 N–H and O–H groups in total. The lowest BCUT2D eigenvalue weighted by molar-refractivity contribution is -0.138. The van der Waals surface area contributed by atoms with Crippen molar-refractivity contribution in [2.75, 3.05) is 0 Å². The maximum absolute atomic E-state index is 13.4. The molecule has 0 amide bonds. The number of carbonyl (C=O) groups is 1. The Hall–Kier alpha value is -3.16. The van der Waals surface area contributed by atoms with Crippen LogP contribution in [-0.2, 0) is 25.2 Å². The normalized spacial score (nSPS) is 12.2. The summed E-state index contributed by atoms with van der Waals surface area (Å²) in [5.41, 5.74) is -2.17. The molecule has 0 atom stereocenters. The fourth-order valence-electron chi connectivity index (χ4n) is 3.46. The van der Waals surface area contributed by atoms with Crippen LogP contribution in [0.2, 0.25) is 0 Å². The van der Waals surface area contributed by atoms with Gasteiger partial charge in [0.2, 0.25) is 0 Å². The zero-order chi connectivity index (χ0) is 22.6. The van der Waals surface area contributed by atoms with E-state index in [0.29, 0.717) is 0 Å². The van der Waals surface area contributed by atoms with Crippen LogP contribution in [-0.4, -0.2) is 10.8 Å². The highest BCUT2D eigenvalue weighted by Gasteiger charge is 2.36. The second-order valence-electron chi connectivity index (χ2n) is 6.99. The van der Waals surface area contributed by atoms with E-state index < -0.39 is 35.2 Å². The fourth-order valence-corrected chi connectivity index (χ4v) is 3.46. The summed E-state index contributed by atoms with van der Waals surface area (Å²) in [4.78, 5) is 17.0. The van der Waals surface area contributed by atoms with Crippen molar-refractivity contribution in [3.05, 3.63) is 101 Å². The molecule has 0 aliphatic heterocycles. The van der Waals surface area contributed by atoms with Crippen LogP contribution in [0.1, 0.15) is 32.7 Å². The van der Waals surface area contributed by atoms with Gasteiger partial charge in [-0.1, -0.05) is 42.5 Å². The number of halogens is 6. The number of hydrogen-bond acceptors (Lipinski definition) is 2. The standard InChI is InChI=1S/C23H17F6NO/c24-22(25,26)18-9-3-1-7-15(18)13-17(21(31)20-11-5-6-12-30-20)14-16-8-2-4-10-19(16)23(27,28)29/h1-12,17H,13-14H2. The molecule has 1 aromatic heterocycles. The van der Waals surface area contributed by atoms with E-state index >= 15 is 0 Å². The lowest BCUT2D eigenvalue weighted by Gasteiger charge is -2.21. The van der Waals surface area contributed by atoms with Gasteiger partial charge in [0.05, 0.1) is 11.1 Å². The van der Waals surface area contributed by atoms with Gasteiger partial charge in [-0.25, -0.2) is 0 Å². The van der Waals surface area contributed by atoms with Crippen molar-refractivity contribution >= 4 is 5.78 Å². The minimum absolute atomic E-state index is 0.0125. The molecule has 0 bridgehead atoms. The molecule has 0 saturated heterocycles. The molecule has 2 aromatic carbocycles. The third-order valence-electron chi connectivity index (χ3n) is 4.87. The number of benzene rings is 2. The van der Waals surface area contributed by atoms with E-state index in [2.05, 4.69) is 4.98 Å². The maximum Gasteiger partial charge on any atom is 0.416 e. The lowest BCUT2D eigenvalue weighted by atomic mass is 9.85. The van der Waals surface area contributed by atoms with Crippen LogP contribution in [0.5, 0.6) is 0 Å². The minimum Gasteiger partial charge on any atom is -0.292 e. The van der Waals surface area contributed by atoms with E-state index in [1.165, 1.54) is 54.7 Å². The van der Waals surface area contributed by atoms with Gasteiger partial charge in [0.25, 0.3) is 0 Å². The summed E-state index contributed by atoms with van der Waals surface area (Å²) in [5, 5.41) is 0. The number of ketones is 1. The molecule has 0 spiro atoms. The van der Waals surface area contributed by atoms with Crippen molar-refractivity contribution in [2.24, 2.45) is 5.92 Å². The van der Waals surface area contributed by atoms with E-state index in [0.717, 1.165) is 12.1 Å². The van der Waals surface area contributed by atoms with Gasteiger partial charge < -0.3 is 0 Å². The maximum atomic E-state index is 13.4. The molecule has 2 nitrogen and oxygen atoms in total. The summed E-state index contributed by atoms with van der Waals surface area (Å²) < 4.78 is 80.5. The van der Waals surface area contributed by atoms with Crippen LogP contribution in [0.4, 0.5) is 26.3 Å². The number of rotatable bonds is 6. The zero-order valence-corrected chi connectivity index (χ0v) is 16.0. The molecule has 0 aliphatic carbocycles. The van der Waals surface area contributed by atoms with Crippen LogP contribution in [0.15, 0.2) is 72.9 Å². The van der Waals surface area contributed by atoms with Crippen molar-refractivity contribution in [2.45, 2.75) is 25.2 Å². The summed E-state index contributed by atoms with van der Waals surface area (Å²) in [5.74, 6) is -1.78. The number of pyridine rings is 1. The van der Waals surface area contributed by atoms with Gasteiger partial charge in [0, 0.05) is 12.1 Å². The molecule has 0 fully saturated rings. The predicted molar refractivity (Wildman–Crippen MR) is 102 cm³/mol. The summed E-state index contributed by atoms with van der Waals surface area (Å²) in [6.45, 7) is 0. The number of Topliss-reactive ketones (excluding diaryl/α,β-unsaturated/α-hetero) is 1. The predicted octanol–water partition coefficient (Wildman–Crippen LogP) is 6.40. The van der Waals surface area contributed by atoms with Gasteiger partial charge in [-0.2, -0.15) is 26.3 Å². The molecule has 1 heterocycles. The molecule has 0 aliphatic rings. The van der Waals surface area contributed by atoms with Crippen molar-refractivity contribution in [3.8, 4) is 0 Å². The van der Waals surface area contributed by atoms with Gasteiger partial charge >= 0.3 is 12.4 Å². The van der Waals surface area contributed by atoms with Gasteiger partial charge in [0.15, 0.2) is 5.78 Å². The Balaban J connectivity index is 2.03. The first-order chi connectivity index (χ1) is 14.6. The summed E-state index contributed by atoms with van der Waals surface area (Å²) >= 11 is 0. The Morgan fingerprint density at radius 3 is 1.58 bits per heavy atom. The number of aromatic nitrogens is 1. The smallest absolute Gasteiger partial charge is 0.292 e. The first-order valence-corrected chi connectivity index (χ1v) is 9.33. The Morgan fingerprint density at radius 1 is 0.710 bits per heavy atom. The molecule has 31 heavy (non-hydrogen) atoms. The van der Waals surface area contributed by atoms with E-state index in [1.807, 2.05) is 0 Å². The highest BCUT2D eigenvalue weighted by atomic mass is 19.4. The molecule has 162 valence electrons. The summed E-state index contributed by atoms with van der Waals surface area (Å²) in [7, 11) is 0. The monoisotopic (exact) mass is 437 g/mol. The van der Waals surface area contributed by atoms with Crippen LogP contribution in [0.3, 0.4) is 0 Å². The number of carbonyl (C=O) groups excluding carboxylic acids is 1. The second-order valence-corrected chi connectivity index (χ2v) is 6.99. The van der Waals surface area contributed by atoms with Crippen molar-refractivity contribution in [3.63, 3.8) is 0 Å². The first kappa shape index (κ1) is 22.5. The van der Waals surface area contributed by atoms with Crippen molar-refractivity contribution in [1.29, 1.82) is 0 Å². The third-order valence-corrected chi connectivity index (χ3v) is 4.87. The third kappa shape index (κ3) is 5.51. The minimum atomic E-state index is -4.65. The van der Waals surface area contributed by atoms with E-state index in [-0.39, 0.29) is 29.7 Å². The van der Waals surface area contributed by atoms with Gasteiger partial charge in [-0.3, -0.25) is 9.78 Å². The quantitative estimate of drug-likeness (QED) is 0.330. The highest BCUT2D eigenvalue weighted by Crippen LogP contribution is 2.36. The lowest BCUT2D eigenvalue weighted by Crippen LogP contribution is -2.24. The number of hydrogen-bond donors (Lipinski definition) is 0. The van der Waals surface area contributed by atoms with Gasteiger partial charge in [-0.05, 0) is 48.2 Å². The topological polar surface area (TPSA) is 30.0 Å². The van der Waals surface area contributed by atoms with Crippen LogP contribution < -0.4 is 0 Å². The number of nitrogens with zero attached hydrogens (tertiary/aromatic N) is 1. The summed E-state index contributed by atoms with van der Waals surface area (Å²) in [6.07, 6.45) is -8.72. The van der Waals surface area contributed by atoms with Crippen molar-refractivity contribution in [1.82, 2.24) is 4.98 Å².